The third-order valence-corrected chi connectivity index (χ3v) is 4.36. The number of hydrogen-bond acceptors (Lipinski definition) is 4. The van der Waals surface area contributed by atoms with Crippen LogP contribution < -0.4 is 21.3 Å². The van der Waals surface area contributed by atoms with E-state index in [1.54, 1.807) is 0 Å². The summed E-state index contributed by atoms with van der Waals surface area (Å²) in [5.41, 5.74) is 3.17. The molecule has 0 saturated carbocycles. The minimum atomic E-state index is 0.0687. The third kappa shape index (κ3) is 4.14. The Morgan fingerprint density at radius 3 is 2.55 bits per heavy atom. The summed E-state index contributed by atoms with van der Waals surface area (Å²) in [5, 5.41) is 14.1. The van der Waals surface area contributed by atoms with Crippen molar-refractivity contribution in [2.75, 3.05) is 23.7 Å². The molecule has 6 heteroatoms. The predicted octanol–water partition coefficient (Wildman–Crippen LogP) is 3.60. The minimum Gasteiger partial charge on any atom is -0.381 e. The third-order valence-electron chi connectivity index (χ3n) is 3.50. The van der Waals surface area contributed by atoms with E-state index < -0.39 is 0 Å². The highest BCUT2D eigenvalue weighted by atomic mass is 79.9. The Hall–Kier alpha value is -1.27. The van der Waals surface area contributed by atoms with Crippen LogP contribution in [0.15, 0.2) is 46.9 Å². The molecule has 1 saturated heterocycles. The molecule has 1 aliphatic heterocycles. The molecule has 2 aromatic rings. The summed E-state index contributed by atoms with van der Waals surface area (Å²) in [6, 6.07) is 14.2. The van der Waals surface area contributed by atoms with Gasteiger partial charge in [0.25, 0.3) is 0 Å². The van der Waals surface area contributed by atoms with Crippen molar-refractivity contribution in [3.05, 3.63) is 57.5 Å². The van der Waals surface area contributed by atoms with Crippen LogP contribution in [0.25, 0.3) is 0 Å². The zero-order valence-electron chi connectivity index (χ0n) is 12.0. The monoisotopic (exact) mass is 380 g/mol. The van der Waals surface area contributed by atoms with Crippen LogP contribution in [-0.4, -0.2) is 19.4 Å². The topological polar surface area (TPSA) is 48.1 Å². The Bertz CT molecular complexity index is 627. The lowest BCUT2D eigenvalue weighted by Gasteiger charge is -2.17. The molecule has 3 rings (SSSR count). The average molecular weight is 382 g/mol. The maximum atomic E-state index is 6.26. The Kier molecular flexibility index (Phi) is 5.20. The Morgan fingerprint density at radius 2 is 1.82 bits per heavy atom. The molecular weight excluding hydrogens is 364 g/mol. The highest BCUT2D eigenvalue weighted by Crippen LogP contribution is 2.26. The van der Waals surface area contributed by atoms with E-state index in [9.17, 15) is 0 Å². The van der Waals surface area contributed by atoms with Crippen LogP contribution in [0.3, 0.4) is 0 Å². The molecule has 0 aliphatic carbocycles. The van der Waals surface area contributed by atoms with Crippen molar-refractivity contribution in [1.82, 2.24) is 10.6 Å². The second kappa shape index (κ2) is 7.33. The fourth-order valence-electron chi connectivity index (χ4n) is 2.31. The first kappa shape index (κ1) is 15.6. The summed E-state index contributed by atoms with van der Waals surface area (Å²) in [5.74, 6) is 0. The van der Waals surface area contributed by atoms with Crippen molar-refractivity contribution in [3.63, 3.8) is 0 Å². The van der Waals surface area contributed by atoms with Crippen LogP contribution in [0.2, 0.25) is 5.02 Å². The number of hydrogen-bond donors (Lipinski definition) is 4. The molecule has 4 N–H and O–H groups in total. The van der Waals surface area contributed by atoms with Crippen molar-refractivity contribution in [2.45, 2.75) is 12.8 Å². The quantitative estimate of drug-likeness (QED) is 0.639. The fourth-order valence-corrected chi connectivity index (χ4v) is 2.75. The van der Waals surface area contributed by atoms with Crippen molar-refractivity contribution < 1.29 is 0 Å². The molecule has 0 aromatic heterocycles. The van der Waals surface area contributed by atoms with Crippen LogP contribution in [0.1, 0.15) is 5.56 Å². The van der Waals surface area contributed by atoms with Gasteiger partial charge in [-0.15, -0.1) is 0 Å². The first-order chi connectivity index (χ1) is 10.7. The summed E-state index contributed by atoms with van der Waals surface area (Å²) in [7, 11) is 0. The van der Waals surface area contributed by atoms with Crippen LogP contribution in [0.4, 0.5) is 11.4 Å². The molecule has 0 unspecified atom stereocenters. The van der Waals surface area contributed by atoms with E-state index in [0.717, 1.165) is 35.5 Å². The smallest absolute Gasteiger partial charge is 0.132 e. The van der Waals surface area contributed by atoms with Crippen molar-refractivity contribution >= 4 is 38.9 Å². The van der Waals surface area contributed by atoms with Gasteiger partial charge in [0.1, 0.15) is 6.29 Å². The molecule has 0 bridgehead atoms. The number of benzene rings is 2. The molecule has 0 amide bonds. The van der Waals surface area contributed by atoms with Gasteiger partial charge in [0.15, 0.2) is 0 Å². The maximum absolute atomic E-state index is 6.26. The zero-order chi connectivity index (χ0) is 15.4. The van der Waals surface area contributed by atoms with Crippen LogP contribution >= 0.6 is 27.5 Å². The highest BCUT2D eigenvalue weighted by Gasteiger charge is 2.13. The molecular formula is C16H18BrClN4. The molecule has 4 nitrogen and oxygen atoms in total. The number of halogens is 2. The number of anilines is 2. The number of rotatable bonds is 5. The fraction of sp³-hybridized carbons (Fsp3) is 0.250. The zero-order valence-corrected chi connectivity index (χ0v) is 14.3. The maximum Gasteiger partial charge on any atom is 0.132 e. The molecule has 1 fully saturated rings. The first-order valence-corrected chi connectivity index (χ1v) is 8.39. The Balaban J connectivity index is 1.64. The minimum absolute atomic E-state index is 0.0687. The Labute approximate surface area is 143 Å². The van der Waals surface area contributed by atoms with Gasteiger partial charge >= 0.3 is 0 Å². The van der Waals surface area contributed by atoms with E-state index >= 15 is 0 Å². The lowest BCUT2D eigenvalue weighted by atomic mass is 10.2. The lowest BCUT2D eigenvalue weighted by Crippen LogP contribution is -2.38. The van der Waals surface area contributed by atoms with E-state index in [4.69, 9.17) is 11.6 Å². The summed E-state index contributed by atoms with van der Waals surface area (Å²) < 4.78 is 1.09. The van der Waals surface area contributed by atoms with Crippen molar-refractivity contribution in [1.29, 1.82) is 0 Å². The molecule has 1 heterocycles. The van der Waals surface area contributed by atoms with E-state index in [1.165, 1.54) is 5.56 Å². The van der Waals surface area contributed by atoms with Gasteiger partial charge in [0.2, 0.25) is 0 Å². The van der Waals surface area contributed by atoms with Crippen molar-refractivity contribution in [3.8, 4) is 0 Å². The predicted molar refractivity (Wildman–Crippen MR) is 96.3 cm³/mol. The number of nitrogens with one attached hydrogen (secondary N) is 4. The van der Waals surface area contributed by atoms with Gasteiger partial charge in [-0.25, -0.2) is 0 Å². The van der Waals surface area contributed by atoms with Gasteiger partial charge in [0, 0.05) is 29.8 Å². The van der Waals surface area contributed by atoms with Crippen LogP contribution in [-0.2, 0) is 6.54 Å². The van der Waals surface area contributed by atoms with E-state index in [-0.39, 0.29) is 6.29 Å². The van der Waals surface area contributed by atoms with Gasteiger partial charge < -0.3 is 10.6 Å². The molecule has 1 aliphatic rings. The van der Waals surface area contributed by atoms with Gasteiger partial charge in [-0.1, -0.05) is 39.7 Å². The molecule has 0 radical (unpaired) electrons. The van der Waals surface area contributed by atoms with E-state index in [2.05, 4.69) is 49.3 Å². The van der Waals surface area contributed by atoms with Gasteiger partial charge in [-0.05, 0) is 35.9 Å². The summed E-state index contributed by atoms with van der Waals surface area (Å²) in [6.45, 7) is 2.68. The molecule has 22 heavy (non-hydrogen) atoms. The van der Waals surface area contributed by atoms with E-state index in [0.29, 0.717) is 5.02 Å². The van der Waals surface area contributed by atoms with Gasteiger partial charge in [-0.2, -0.15) is 0 Å². The van der Waals surface area contributed by atoms with Gasteiger partial charge in [0.05, 0.1) is 10.7 Å². The molecule has 116 valence electrons. The second-order valence-corrected chi connectivity index (χ2v) is 6.48. The summed E-state index contributed by atoms with van der Waals surface area (Å²) >= 11 is 9.70. The largest absolute Gasteiger partial charge is 0.381 e. The second-order valence-electron chi connectivity index (χ2n) is 5.16. The lowest BCUT2D eigenvalue weighted by molar-refractivity contribution is 0.621. The highest BCUT2D eigenvalue weighted by molar-refractivity contribution is 9.10. The van der Waals surface area contributed by atoms with Crippen LogP contribution in [0.5, 0.6) is 0 Å². The molecule has 0 spiro atoms. The standard InChI is InChI=1S/C16H18BrClN4/c17-12-3-1-11(2-4-12)10-21-13-5-6-14(18)15(9-13)22-16-19-7-8-20-16/h1-6,9,16,19-22H,7-8,10H2. The molecule has 2 aromatic carbocycles. The SMILES string of the molecule is Clc1ccc(NCc2ccc(Br)cc2)cc1NC1NCCN1. The summed E-state index contributed by atoms with van der Waals surface area (Å²) in [4.78, 5) is 0. The van der Waals surface area contributed by atoms with Crippen molar-refractivity contribution in [2.24, 2.45) is 0 Å². The Morgan fingerprint density at radius 1 is 1.09 bits per heavy atom. The van der Waals surface area contributed by atoms with Gasteiger partial charge in [-0.3, -0.25) is 10.6 Å². The first-order valence-electron chi connectivity index (χ1n) is 7.22. The van der Waals surface area contributed by atoms with E-state index in [1.807, 2.05) is 30.3 Å². The summed E-state index contributed by atoms with van der Waals surface area (Å²) in [6.07, 6.45) is 0.0687. The average Bonchev–Trinajstić information content (AvgIpc) is 3.03. The van der Waals surface area contributed by atoms with Crippen LogP contribution in [0, 0.1) is 0 Å². The molecule has 0 atom stereocenters. The normalized spacial score (nSPS) is 15.0.